The largest absolute Gasteiger partial charge is 0.323 e. The van der Waals surface area contributed by atoms with Crippen LogP contribution in [0.5, 0.6) is 0 Å². The van der Waals surface area contributed by atoms with E-state index in [9.17, 15) is 4.79 Å². The summed E-state index contributed by atoms with van der Waals surface area (Å²) in [4.78, 5) is 17.9. The van der Waals surface area contributed by atoms with Crippen LogP contribution in [0.1, 0.15) is 21.4 Å². The van der Waals surface area contributed by atoms with Gasteiger partial charge in [-0.3, -0.25) is 0 Å². The van der Waals surface area contributed by atoms with Crippen LogP contribution < -0.4 is 5.69 Å². The zero-order valence-electron chi connectivity index (χ0n) is 9.96. The average molecular weight is 358 g/mol. The van der Waals surface area contributed by atoms with E-state index in [1.807, 2.05) is 24.4 Å². The van der Waals surface area contributed by atoms with Crippen molar-refractivity contribution in [3.63, 3.8) is 0 Å². The maximum atomic E-state index is 11.3. The van der Waals surface area contributed by atoms with Crippen LogP contribution >= 0.6 is 38.9 Å². The molecule has 0 radical (unpaired) electrons. The number of aromatic nitrogens is 2. The second-order valence-corrected chi connectivity index (χ2v) is 6.57. The van der Waals surface area contributed by atoms with Crippen LogP contribution in [0, 0.1) is 6.92 Å². The highest BCUT2D eigenvalue weighted by Crippen LogP contribution is 2.39. The molecule has 0 aliphatic heterocycles. The number of nitrogens with one attached hydrogen (secondary N) is 2. The van der Waals surface area contributed by atoms with Crippen molar-refractivity contribution in [2.24, 2.45) is 0 Å². The molecule has 3 nitrogen and oxygen atoms in total. The number of thiophene rings is 1. The summed E-state index contributed by atoms with van der Waals surface area (Å²) in [5.41, 5.74) is 3.46. The van der Waals surface area contributed by atoms with Crippen LogP contribution in [0.3, 0.4) is 0 Å². The van der Waals surface area contributed by atoms with E-state index < -0.39 is 0 Å². The van der Waals surface area contributed by atoms with Gasteiger partial charge in [-0.2, -0.15) is 0 Å². The Kier molecular flexibility index (Phi) is 3.28. The van der Waals surface area contributed by atoms with Gasteiger partial charge in [0.25, 0.3) is 0 Å². The van der Waals surface area contributed by atoms with Crippen LogP contribution in [0.15, 0.2) is 32.8 Å². The molecule has 1 unspecified atom stereocenters. The fraction of sp³-hybridized carbons (Fsp3) is 0.154. The lowest BCUT2D eigenvalue weighted by atomic mass is 10.1. The topological polar surface area (TPSA) is 48.6 Å². The van der Waals surface area contributed by atoms with E-state index in [0.717, 1.165) is 25.9 Å². The van der Waals surface area contributed by atoms with Crippen molar-refractivity contribution in [1.29, 1.82) is 0 Å². The fourth-order valence-electron chi connectivity index (χ4n) is 2.05. The third kappa shape index (κ3) is 2.26. The maximum absolute atomic E-state index is 11.3. The van der Waals surface area contributed by atoms with E-state index in [1.165, 1.54) is 5.56 Å². The zero-order valence-corrected chi connectivity index (χ0v) is 13.1. The number of aryl methyl sites for hydroxylation is 1. The van der Waals surface area contributed by atoms with Gasteiger partial charge in [-0.05, 0) is 41.6 Å². The van der Waals surface area contributed by atoms with Crippen molar-refractivity contribution in [2.45, 2.75) is 12.3 Å². The quantitative estimate of drug-likeness (QED) is 0.659. The molecule has 3 aromatic rings. The van der Waals surface area contributed by atoms with Crippen LogP contribution in [0.4, 0.5) is 0 Å². The van der Waals surface area contributed by atoms with Gasteiger partial charge in [0.15, 0.2) is 0 Å². The summed E-state index contributed by atoms with van der Waals surface area (Å²) in [5, 5.41) is 1.81. The molecule has 0 saturated carbocycles. The molecule has 19 heavy (non-hydrogen) atoms. The van der Waals surface area contributed by atoms with E-state index in [1.54, 1.807) is 11.3 Å². The number of fused-ring (bicyclic) bond motifs is 1. The Morgan fingerprint density at radius 2 is 2.00 bits per heavy atom. The first-order valence-electron chi connectivity index (χ1n) is 5.66. The van der Waals surface area contributed by atoms with Gasteiger partial charge in [0.2, 0.25) is 0 Å². The van der Waals surface area contributed by atoms with Crippen molar-refractivity contribution < 1.29 is 0 Å². The van der Waals surface area contributed by atoms with Crippen molar-refractivity contribution in [2.75, 3.05) is 0 Å². The van der Waals surface area contributed by atoms with Crippen molar-refractivity contribution >= 4 is 49.9 Å². The summed E-state index contributed by atoms with van der Waals surface area (Å²) >= 11 is 11.7. The Hall–Kier alpha value is -1.04. The highest BCUT2D eigenvalue weighted by Gasteiger charge is 2.18. The number of rotatable bonds is 2. The molecule has 2 heterocycles. The van der Waals surface area contributed by atoms with Crippen molar-refractivity contribution in [3.05, 3.63) is 54.5 Å². The first kappa shape index (κ1) is 13.0. The Bertz CT molecular complexity index is 804. The lowest BCUT2D eigenvalue weighted by Crippen LogP contribution is -1.99. The molecule has 0 aliphatic rings. The Morgan fingerprint density at radius 3 is 2.63 bits per heavy atom. The van der Waals surface area contributed by atoms with Gasteiger partial charge in [-0.1, -0.05) is 15.9 Å². The third-order valence-electron chi connectivity index (χ3n) is 3.04. The number of aromatic amines is 2. The normalized spacial score (nSPS) is 13.0. The van der Waals surface area contributed by atoms with Gasteiger partial charge in [-0.15, -0.1) is 22.9 Å². The van der Waals surface area contributed by atoms with Crippen molar-refractivity contribution in [3.8, 4) is 0 Å². The Morgan fingerprint density at radius 1 is 1.32 bits per heavy atom. The third-order valence-corrected chi connectivity index (χ3v) is 5.39. The Balaban J connectivity index is 2.16. The summed E-state index contributed by atoms with van der Waals surface area (Å²) < 4.78 is 0.892. The summed E-state index contributed by atoms with van der Waals surface area (Å²) in [7, 11) is 0. The first-order valence-corrected chi connectivity index (χ1v) is 7.76. The number of imidazole rings is 1. The standard InChI is InChI=1S/C13H10BrClN2OS/c1-6-2-3-19-12(6)11(15)7-4-9-10(5-8(7)14)17-13(18)16-9/h2-5,11H,1H3,(H2,16,17,18). The van der Waals surface area contributed by atoms with E-state index in [0.29, 0.717) is 0 Å². The number of hydrogen-bond donors (Lipinski definition) is 2. The minimum absolute atomic E-state index is 0.211. The molecule has 2 N–H and O–H groups in total. The molecular weight excluding hydrogens is 348 g/mol. The number of alkyl halides is 1. The molecule has 0 bridgehead atoms. The molecule has 1 atom stereocenters. The van der Waals surface area contributed by atoms with Crippen LogP contribution in [0.2, 0.25) is 0 Å². The van der Waals surface area contributed by atoms with Crippen LogP contribution in [-0.4, -0.2) is 9.97 Å². The molecule has 0 amide bonds. The molecule has 2 aromatic heterocycles. The predicted octanol–water partition coefficient (Wildman–Crippen LogP) is 4.32. The molecule has 0 saturated heterocycles. The van der Waals surface area contributed by atoms with Crippen LogP contribution in [0.25, 0.3) is 11.0 Å². The highest BCUT2D eigenvalue weighted by molar-refractivity contribution is 9.10. The molecule has 0 aliphatic carbocycles. The number of benzene rings is 1. The highest BCUT2D eigenvalue weighted by atomic mass is 79.9. The van der Waals surface area contributed by atoms with Gasteiger partial charge >= 0.3 is 5.69 Å². The minimum atomic E-state index is -0.225. The predicted molar refractivity (Wildman–Crippen MR) is 83.4 cm³/mol. The van der Waals surface area contributed by atoms with Gasteiger partial charge in [-0.25, -0.2) is 4.79 Å². The number of halogens is 2. The van der Waals surface area contributed by atoms with Gasteiger partial charge in [0.05, 0.1) is 16.4 Å². The summed E-state index contributed by atoms with van der Waals surface area (Å²) in [6.07, 6.45) is 0. The number of H-pyrrole nitrogens is 2. The Labute approximate surface area is 126 Å². The summed E-state index contributed by atoms with van der Waals surface area (Å²) in [5.74, 6) is 0. The molecule has 0 fully saturated rings. The average Bonchev–Trinajstić information content (AvgIpc) is 2.92. The van der Waals surface area contributed by atoms with Crippen molar-refractivity contribution in [1.82, 2.24) is 9.97 Å². The molecular formula is C13H10BrClN2OS. The van der Waals surface area contributed by atoms with Crippen LogP contribution in [-0.2, 0) is 0 Å². The summed E-state index contributed by atoms with van der Waals surface area (Å²) in [6, 6.07) is 5.84. The zero-order chi connectivity index (χ0) is 13.6. The van der Waals surface area contributed by atoms with E-state index in [2.05, 4.69) is 32.0 Å². The molecule has 0 spiro atoms. The molecule has 1 aromatic carbocycles. The SMILES string of the molecule is Cc1ccsc1C(Cl)c1cc2[nH]c(=O)[nH]c2cc1Br. The molecule has 3 rings (SSSR count). The van der Waals surface area contributed by atoms with Gasteiger partial charge in [0, 0.05) is 9.35 Å². The molecule has 6 heteroatoms. The lowest BCUT2D eigenvalue weighted by molar-refractivity contribution is 1.15. The van der Waals surface area contributed by atoms with Gasteiger partial charge in [0.1, 0.15) is 0 Å². The minimum Gasteiger partial charge on any atom is -0.306 e. The summed E-state index contributed by atoms with van der Waals surface area (Å²) in [6.45, 7) is 2.05. The second-order valence-electron chi connectivity index (χ2n) is 4.33. The lowest BCUT2D eigenvalue weighted by Gasteiger charge is -2.11. The maximum Gasteiger partial charge on any atom is 0.323 e. The van der Waals surface area contributed by atoms with Gasteiger partial charge < -0.3 is 9.97 Å². The fourth-order valence-corrected chi connectivity index (χ4v) is 4.18. The van der Waals surface area contributed by atoms with E-state index >= 15 is 0 Å². The second kappa shape index (κ2) is 4.81. The molecule has 98 valence electrons. The number of hydrogen-bond acceptors (Lipinski definition) is 2. The van der Waals surface area contributed by atoms with E-state index in [4.69, 9.17) is 11.6 Å². The van der Waals surface area contributed by atoms with E-state index in [-0.39, 0.29) is 11.1 Å². The monoisotopic (exact) mass is 356 g/mol. The first-order chi connectivity index (χ1) is 9.06. The smallest absolute Gasteiger partial charge is 0.306 e.